The zero-order valence-corrected chi connectivity index (χ0v) is 19.2. The van der Waals surface area contributed by atoms with E-state index in [4.69, 9.17) is 0 Å². The molecule has 0 aliphatic rings. The molecule has 0 spiro atoms. The number of benzene rings is 4. The molecule has 10 heteroatoms. The highest BCUT2D eigenvalue weighted by Gasteiger charge is 2.38. The number of alkyl halides is 2. The van der Waals surface area contributed by atoms with E-state index in [9.17, 15) is 39.5 Å². The lowest BCUT2D eigenvalue weighted by atomic mass is 10.0. The van der Waals surface area contributed by atoms with Crippen LogP contribution in [0.4, 0.5) is 39.5 Å². The third-order valence-corrected chi connectivity index (χ3v) is 5.54. The zero-order chi connectivity index (χ0) is 27.8. The summed E-state index contributed by atoms with van der Waals surface area (Å²) in [5.41, 5.74) is -1.54. The van der Waals surface area contributed by atoms with Crippen LogP contribution in [0.2, 0.25) is 0 Å². The van der Waals surface area contributed by atoms with E-state index in [-0.39, 0.29) is 16.7 Å². The third kappa shape index (κ3) is 5.39. The molecule has 0 unspecified atom stereocenters. The minimum Gasteiger partial charge on any atom is -0.429 e. The molecule has 0 saturated carbocycles. The zero-order valence-electron chi connectivity index (χ0n) is 19.2. The molecule has 4 aromatic rings. The SMILES string of the molecule is C/C(F)=C(\F)c1ccc(-c2ccc(C(F)(F)Oc3ccc(-c4cc(F)c(F)c(F)c4)c(F)c3)c(F)c2)cc1. The van der Waals surface area contributed by atoms with Gasteiger partial charge in [0.05, 0.1) is 5.56 Å². The molecule has 38 heavy (non-hydrogen) atoms. The van der Waals surface area contributed by atoms with Crippen LogP contribution in [0, 0.1) is 29.1 Å². The van der Waals surface area contributed by atoms with Crippen LogP contribution >= 0.6 is 0 Å². The van der Waals surface area contributed by atoms with Gasteiger partial charge in [0.1, 0.15) is 23.2 Å². The number of halogens is 9. The Morgan fingerprint density at radius 2 is 1.21 bits per heavy atom. The van der Waals surface area contributed by atoms with E-state index < -0.39 is 63.7 Å². The molecule has 0 fully saturated rings. The number of hydrogen-bond donors (Lipinski definition) is 0. The molecule has 0 bridgehead atoms. The average Bonchev–Trinajstić information content (AvgIpc) is 2.86. The first-order valence-corrected chi connectivity index (χ1v) is 10.8. The summed E-state index contributed by atoms with van der Waals surface area (Å²) in [5.74, 6) is -10.3. The van der Waals surface area contributed by atoms with Crippen molar-refractivity contribution in [2.24, 2.45) is 0 Å². The summed E-state index contributed by atoms with van der Waals surface area (Å²) >= 11 is 0. The molecule has 1 nitrogen and oxygen atoms in total. The summed E-state index contributed by atoms with van der Waals surface area (Å²) in [5, 5.41) is 0. The van der Waals surface area contributed by atoms with Gasteiger partial charge in [-0.05, 0) is 60.0 Å². The van der Waals surface area contributed by atoms with Crippen molar-refractivity contribution < 1.29 is 44.3 Å². The van der Waals surface area contributed by atoms with E-state index in [1.165, 1.54) is 24.3 Å². The van der Waals surface area contributed by atoms with Crippen molar-refractivity contribution in [1.29, 1.82) is 0 Å². The third-order valence-electron chi connectivity index (χ3n) is 5.54. The van der Waals surface area contributed by atoms with Crippen LogP contribution in [0.3, 0.4) is 0 Å². The minimum atomic E-state index is -4.26. The molecule has 0 aliphatic carbocycles. The first-order chi connectivity index (χ1) is 17.9. The van der Waals surface area contributed by atoms with Crippen molar-refractivity contribution in [3.05, 3.63) is 119 Å². The topological polar surface area (TPSA) is 9.23 Å². The van der Waals surface area contributed by atoms with Crippen LogP contribution in [0.5, 0.6) is 5.75 Å². The van der Waals surface area contributed by atoms with Crippen LogP contribution in [-0.4, -0.2) is 0 Å². The van der Waals surface area contributed by atoms with Crippen molar-refractivity contribution >= 4 is 5.83 Å². The largest absolute Gasteiger partial charge is 0.429 e. The summed E-state index contributed by atoms with van der Waals surface area (Å²) in [6.07, 6.45) is -4.26. The maximum Gasteiger partial charge on any atom is 0.429 e. The number of allylic oxidation sites excluding steroid dienone is 1. The van der Waals surface area contributed by atoms with E-state index in [0.29, 0.717) is 23.8 Å². The fraction of sp³-hybridized carbons (Fsp3) is 0.0714. The first kappa shape index (κ1) is 26.8. The second-order valence-corrected chi connectivity index (χ2v) is 8.13. The van der Waals surface area contributed by atoms with E-state index >= 15 is 0 Å². The quantitative estimate of drug-likeness (QED) is 0.176. The van der Waals surface area contributed by atoms with Gasteiger partial charge in [0.2, 0.25) is 0 Å². The van der Waals surface area contributed by atoms with Crippen LogP contribution in [0.1, 0.15) is 18.1 Å². The molecule has 0 aliphatic heterocycles. The average molecular weight is 538 g/mol. The Morgan fingerprint density at radius 1 is 0.632 bits per heavy atom. The summed E-state index contributed by atoms with van der Waals surface area (Å²) in [6, 6.07) is 11.2. The van der Waals surface area contributed by atoms with Gasteiger partial charge in [-0.3, -0.25) is 0 Å². The van der Waals surface area contributed by atoms with Crippen LogP contribution in [0.25, 0.3) is 28.1 Å². The molecule has 4 aromatic carbocycles. The summed E-state index contributed by atoms with van der Waals surface area (Å²) in [4.78, 5) is 0. The van der Waals surface area contributed by atoms with E-state index in [2.05, 4.69) is 4.74 Å². The maximum atomic E-state index is 14.8. The highest BCUT2D eigenvalue weighted by Crippen LogP contribution is 2.37. The molecule has 196 valence electrons. The molecular formula is C28H15F9O. The van der Waals surface area contributed by atoms with Gasteiger partial charge in [0.25, 0.3) is 0 Å². The van der Waals surface area contributed by atoms with Gasteiger partial charge in [0, 0.05) is 17.2 Å². The number of hydrogen-bond acceptors (Lipinski definition) is 1. The molecule has 0 aromatic heterocycles. The van der Waals surface area contributed by atoms with Gasteiger partial charge < -0.3 is 4.74 Å². The second-order valence-electron chi connectivity index (χ2n) is 8.13. The molecular weight excluding hydrogens is 523 g/mol. The molecule has 0 amide bonds. The molecule has 0 atom stereocenters. The first-order valence-electron chi connectivity index (χ1n) is 10.8. The van der Waals surface area contributed by atoms with Gasteiger partial charge in [-0.2, -0.15) is 8.78 Å². The van der Waals surface area contributed by atoms with E-state index in [1.54, 1.807) is 0 Å². The Bertz CT molecular complexity index is 1520. The van der Waals surface area contributed by atoms with Crippen LogP contribution in [0.15, 0.2) is 78.6 Å². The lowest BCUT2D eigenvalue weighted by molar-refractivity contribution is -0.187. The van der Waals surface area contributed by atoms with Crippen LogP contribution in [-0.2, 0) is 6.11 Å². The normalized spacial score (nSPS) is 12.4. The lowest BCUT2D eigenvalue weighted by Crippen LogP contribution is -2.23. The van der Waals surface area contributed by atoms with E-state index in [1.807, 2.05) is 0 Å². The van der Waals surface area contributed by atoms with Crippen molar-refractivity contribution in [2.45, 2.75) is 13.0 Å². The summed E-state index contributed by atoms with van der Waals surface area (Å²) in [6.45, 7) is 0.941. The second kappa shape index (κ2) is 10.3. The monoisotopic (exact) mass is 538 g/mol. The Hall–Kier alpha value is -4.21. The van der Waals surface area contributed by atoms with Gasteiger partial charge in [0.15, 0.2) is 23.3 Å². The molecule has 0 N–H and O–H groups in total. The van der Waals surface area contributed by atoms with Crippen molar-refractivity contribution in [1.82, 2.24) is 0 Å². The molecule has 0 saturated heterocycles. The Morgan fingerprint density at radius 3 is 1.76 bits per heavy atom. The predicted molar refractivity (Wildman–Crippen MR) is 123 cm³/mol. The highest BCUT2D eigenvalue weighted by atomic mass is 19.3. The predicted octanol–water partition coefficient (Wildman–Crippen LogP) is 9.47. The van der Waals surface area contributed by atoms with Gasteiger partial charge in [-0.25, -0.2) is 30.7 Å². The van der Waals surface area contributed by atoms with Gasteiger partial charge >= 0.3 is 6.11 Å². The maximum absolute atomic E-state index is 14.8. The highest BCUT2D eigenvalue weighted by molar-refractivity contribution is 5.69. The molecule has 0 heterocycles. The van der Waals surface area contributed by atoms with Gasteiger partial charge in [-0.1, -0.05) is 30.3 Å². The Balaban J connectivity index is 1.57. The van der Waals surface area contributed by atoms with Crippen molar-refractivity contribution in [3.8, 4) is 28.0 Å². The Labute approximate surface area is 210 Å². The fourth-order valence-corrected chi connectivity index (χ4v) is 3.65. The van der Waals surface area contributed by atoms with E-state index in [0.717, 1.165) is 37.3 Å². The summed E-state index contributed by atoms with van der Waals surface area (Å²) in [7, 11) is 0. The number of ether oxygens (including phenoxy) is 1. The minimum absolute atomic E-state index is 0.0567. The van der Waals surface area contributed by atoms with Crippen molar-refractivity contribution in [3.63, 3.8) is 0 Å². The standard InChI is InChI=1S/C28H15F9O/c1-14(29)26(34)16-4-2-15(3-5-16)17-6-9-21(23(31)10-17)28(36,37)38-19-7-8-20(22(30)13-19)18-11-24(32)27(35)25(33)12-18/h2-13H,1H3/b26-14+. The fourth-order valence-electron chi connectivity index (χ4n) is 3.65. The lowest BCUT2D eigenvalue weighted by Gasteiger charge is -2.20. The Kier molecular flexibility index (Phi) is 7.26. The smallest absolute Gasteiger partial charge is 0.429 e. The molecule has 0 radical (unpaired) electrons. The summed E-state index contributed by atoms with van der Waals surface area (Å²) < 4.78 is 130. The van der Waals surface area contributed by atoms with Crippen molar-refractivity contribution in [2.75, 3.05) is 0 Å². The van der Waals surface area contributed by atoms with Gasteiger partial charge in [-0.15, -0.1) is 0 Å². The molecule has 4 rings (SSSR count). The van der Waals surface area contributed by atoms with Crippen LogP contribution < -0.4 is 4.74 Å². The number of rotatable bonds is 6.